The Labute approximate surface area is 94.7 Å². The number of fused-ring (bicyclic) bond motifs is 1. The molecule has 0 bridgehead atoms. The molecule has 3 heterocycles. The quantitative estimate of drug-likeness (QED) is 0.587. The van der Waals surface area contributed by atoms with Crippen LogP contribution in [-0.4, -0.2) is 55.6 Å². The summed E-state index contributed by atoms with van der Waals surface area (Å²) in [7, 11) is 0. The van der Waals surface area contributed by atoms with Gasteiger partial charge in [0.2, 0.25) is 5.91 Å². The Kier molecular flexibility index (Phi) is 1.85. The van der Waals surface area contributed by atoms with Gasteiger partial charge in [0.05, 0.1) is 4.75 Å². The van der Waals surface area contributed by atoms with Crippen LogP contribution in [0.4, 0.5) is 0 Å². The average Bonchev–Trinajstić information content (AvgIpc) is 2.48. The van der Waals surface area contributed by atoms with Gasteiger partial charge in [-0.15, -0.1) is 11.8 Å². The van der Waals surface area contributed by atoms with Crippen molar-refractivity contribution in [2.24, 2.45) is 5.73 Å². The van der Waals surface area contributed by atoms with Gasteiger partial charge in [-0.25, -0.2) is 4.79 Å². The first-order chi connectivity index (χ1) is 7.07. The molecule has 0 aromatic rings. The molecule has 3 atom stereocenters. The van der Waals surface area contributed by atoms with E-state index in [0.717, 1.165) is 11.5 Å². The molecule has 82 valence electrons. The summed E-state index contributed by atoms with van der Waals surface area (Å²) in [4.78, 5) is 24.2. The van der Waals surface area contributed by atoms with Gasteiger partial charge in [0.25, 0.3) is 0 Å². The summed E-state index contributed by atoms with van der Waals surface area (Å²) in [6.45, 7) is 0. The van der Waals surface area contributed by atoms with E-state index in [-0.39, 0.29) is 16.0 Å². The molecule has 0 aromatic carbocycles. The molecule has 3 rings (SSSR count). The van der Waals surface area contributed by atoms with E-state index in [1.165, 1.54) is 4.90 Å². The normalized spacial score (nSPS) is 41.0. The fourth-order valence-electron chi connectivity index (χ4n) is 2.35. The van der Waals surface area contributed by atoms with E-state index in [4.69, 9.17) is 5.73 Å². The van der Waals surface area contributed by atoms with Crippen LogP contribution in [0.15, 0.2) is 0 Å². The van der Waals surface area contributed by atoms with Crippen molar-refractivity contribution in [3.8, 4) is 0 Å². The third-order valence-corrected chi connectivity index (χ3v) is 6.73. The molecule has 0 saturated carbocycles. The second-order valence-electron chi connectivity index (χ2n) is 4.08. The number of nitrogens with zero attached hydrogens (tertiary/aromatic N) is 1. The zero-order chi connectivity index (χ0) is 10.8. The fraction of sp³-hybridized carbons (Fsp3) is 0.750. The zero-order valence-corrected chi connectivity index (χ0v) is 9.38. The van der Waals surface area contributed by atoms with Crippen LogP contribution in [0, 0.1) is 0 Å². The number of carbonyl (C=O) groups excluding carboxylic acids is 1. The first-order valence-corrected chi connectivity index (χ1v) is 6.66. The zero-order valence-electron chi connectivity index (χ0n) is 7.75. The summed E-state index contributed by atoms with van der Waals surface area (Å²) < 4.78 is -0.273. The lowest BCUT2D eigenvalue weighted by Crippen LogP contribution is -2.69. The highest BCUT2D eigenvalue weighted by Crippen LogP contribution is 2.57. The number of hydrogen-bond donors (Lipinski definition) is 2. The monoisotopic (exact) mass is 246 g/mol. The van der Waals surface area contributed by atoms with Gasteiger partial charge in [0, 0.05) is 11.5 Å². The topological polar surface area (TPSA) is 83.6 Å². The van der Waals surface area contributed by atoms with Crippen LogP contribution in [0.2, 0.25) is 0 Å². The van der Waals surface area contributed by atoms with Crippen molar-refractivity contribution >= 4 is 35.4 Å². The number of carboxylic acids is 1. The highest BCUT2D eigenvalue weighted by molar-refractivity contribution is 8.08. The van der Waals surface area contributed by atoms with E-state index in [2.05, 4.69) is 0 Å². The number of thioether (sulfide) groups is 2. The van der Waals surface area contributed by atoms with Crippen molar-refractivity contribution in [1.82, 2.24) is 4.90 Å². The number of rotatable bonds is 1. The van der Waals surface area contributed by atoms with Gasteiger partial charge < -0.3 is 15.7 Å². The maximum absolute atomic E-state index is 11.5. The molecule has 3 unspecified atom stereocenters. The summed E-state index contributed by atoms with van der Waals surface area (Å²) >= 11 is 3.30. The summed E-state index contributed by atoms with van der Waals surface area (Å²) in [5.41, 5.74) is 5.66. The van der Waals surface area contributed by atoms with Crippen LogP contribution < -0.4 is 5.73 Å². The third kappa shape index (κ3) is 1.01. The van der Waals surface area contributed by atoms with Crippen LogP contribution in [0.3, 0.4) is 0 Å². The fourth-order valence-corrected chi connectivity index (χ4v) is 5.74. The Morgan fingerprint density at radius 1 is 1.60 bits per heavy atom. The number of hydrogen-bond acceptors (Lipinski definition) is 5. The molecule has 3 aliphatic heterocycles. The third-order valence-electron chi connectivity index (χ3n) is 3.18. The van der Waals surface area contributed by atoms with Crippen LogP contribution in [0.5, 0.6) is 0 Å². The van der Waals surface area contributed by atoms with E-state index >= 15 is 0 Å². The Morgan fingerprint density at radius 2 is 2.27 bits per heavy atom. The van der Waals surface area contributed by atoms with Crippen molar-refractivity contribution < 1.29 is 14.7 Å². The predicted molar refractivity (Wildman–Crippen MR) is 57.7 cm³/mol. The van der Waals surface area contributed by atoms with Gasteiger partial charge in [-0.2, -0.15) is 11.8 Å². The molecule has 0 aliphatic carbocycles. The van der Waals surface area contributed by atoms with Gasteiger partial charge in [0.15, 0.2) is 0 Å². The molecular weight excluding hydrogens is 236 g/mol. The Hall–Kier alpha value is -0.400. The molecule has 1 spiro atoms. The molecule has 1 amide bonds. The number of nitrogens with two attached hydrogens (primary N) is 1. The van der Waals surface area contributed by atoms with Gasteiger partial charge in [0.1, 0.15) is 17.5 Å². The Morgan fingerprint density at radius 3 is 2.73 bits per heavy atom. The average molecular weight is 246 g/mol. The van der Waals surface area contributed by atoms with Gasteiger partial charge in [-0.3, -0.25) is 4.79 Å². The van der Waals surface area contributed by atoms with E-state index in [1.54, 1.807) is 23.5 Å². The van der Waals surface area contributed by atoms with E-state index < -0.39 is 18.1 Å². The van der Waals surface area contributed by atoms with Crippen LogP contribution in [0.1, 0.15) is 0 Å². The second kappa shape index (κ2) is 2.83. The molecule has 3 aliphatic rings. The second-order valence-corrected chi connectivity index (χ2v) is 6.60. The van der Waals surface area contributed by atoms with Gasteiger partial charge in [-0.1, -0.05) is 0 Å². The Bertz CT molecular complexity index is 358. The first-order valence-electron chi connectivity index (χ1n) is 4.63. The van der Waals surface area contributed by atoms with E-state index in [1.807, 2.05) is 0 Å². The van der Waals surface area contributed by atoms with Crippen LogP contribution in [-0.2, 0) is 9.59 Å². The smallest absolute Gasteiger partial charge is 0.327 e. The maximum Gasteiger partial charge on any atom is 0.327 e. The summed E-state index contributed by atoms with van der Waals surface area (Å²) in [6, 6.07) is -1.16. The summed E-state index contributed by atoms with van der Waals surface area (Å²) in [5.74, 6) is 0.503. The van der Waals surface area contributed by atoms with Crippen molar-refractivity contribution in [3.05, 3.63) is 0 Å². The predicted octanol–water partition coefficient (Wildman–Crippen LogP) is -0.832. The first kappa shape index (κ1) is 9.80. The largest absolute Gasteiger partial charge is 0.480 e. The number of β-lactam (4-membered cyclic amide) rings is 1. The molecule has 3 saturated heterocycles. The number of carboxylic acid groups (broad SMARTS) is 1. The van der Waals surface area contributed by atoms with Gasteiger partial charge >= 0.3 is 5.97 Å². The van der Waals surface area contributed by atoms with Crippen molar-refractivity contribution in [2.45, 2.75) is 22.2 Å². The molecular formula is C8H10N2O3S2. The van der Waals surface area contributed by atoms with Gasteiger partial charge in [-0.05, 0) is 0 Å². The van der Waals surface area contributed by atoms with Crippen molar-refractivity contribution in [1.29, 1.82) is 0 Å². The highest BCUT2D eigenvalue weighted by atomic mass is 32.2. The highest BCUT2D eigenvalue weighted by Gasteiger charge is 2.67. The lowest BCUT2D eigenvalue weighted by molar-refractivity contribution is -0.159. The molecule has 0 aromatic heterocycles. The molecule has 15 heavy (non-hydrogen) atoms. The number of amides is 1. The minimum Gasteiger partial charge on any atom is -0.480 e. The SMILES string of the molecule is NC1C(=O)N2C1SC1(CSC1)C2C(=O)O. The van der Waals surface area contributed by atoms with Crippen molar-refractivity contribution in [2.75, 3.05) is 11.5 Å². The lowest BCUT2D eigenvalue weighted by Gasteiger charge is -2.43. The maximum atomic E-state index is 11.5. The van der Waals surface area contributed by atoms with Crippen molar-refractivity contribution in [3.63, 3.8) is 0 Å². The molecule has 3 fully saturated rings. The van der Waals surface area contributed by atoms with Crippen LogP contribution >= 0.6 is 23.5 Å². The van der Waals surface area contributed by atoms with E-state index in [9.17, 15) is 14.7 Å². The molecule has 3 N–H and O–H groups in total. The Balaban J connectivity index is 1.95. The standard InChI is InChI=1S/C8H10N2O3S2/c9-3-5(11)10-4(7(12)13)8(1-14-2-8)15-6(3)10/h3-4,6H,1-2,9H2,(H,12,13). The van der Waals surface area contributed by atoms with E-state index in [0.29, 0.717) is 0 Å². The molecule has 5 nitrogen and oxygen atoms in total. The number of carbonyl (C=O) groups is 2. The molecule has 0 radical (unpaired) electrons. The van der Waals surface area contributed by atoms with Crippen LogP contribution in [0.25, 0.3) is 0 Å². The molecule has 7 heteroatoms. The summed E-state index contributed by atoms with van der Waals surface area (Å²) in [5, 5.41) is 9.07. The minimum absolute atomic E-state index is 0.112. The minimum atomic E-state index is -0.898. The lowest BCUT2D eigenvalue weighted by atomic mass is 9.95. The number of aliphatic carboxylic acids is 1. The summed E-state index contributed by atoms with van der Waals surface area (Å²) in [6.07, 6.45) is 0.